The number of carbonyl (C=O) groups is 1. The molecule has 0 saturated carbocycles. The summed E-state index contributed by atoms with van der Waals surface area (Å²) in [5.74, 6) is 0. The van der Waals surface area contributed by atoms with E-state index in [1.54, 1.807) is 11.0 Å². The minimum atomic E-state index is -3.81. The number of halogens is 2. The highest BCUT2D eigenvalue weighted by Crippen LogP contribution is 2.31. The number of piperazine rings is 1. The van der Waals surface area contributed by atoms with E-state index in [1.807, 2.05) is 30.3 Å². The number of rotatable bonds is 5. The Morgan fingerprint density at radius 1 is 0.929 bits per heavy atom. The van der Waals surface area contributed by atoms with Crippen molar-refractivity contribution < 1.29 is 13.2 Å². The smallest absolute Gasteiger partial charge is 0.317 e. The standard InChI is InChI=1S/C19H21Cl2N3O3S/c20-16-7-4-8-17(21)18(16)28(26,27)24-13-11-23(12-14-24)19(25)22-10-9-15-5-2-1-3-6-15/h1-8H,9-14H2,(H,22,25). The Morgan fingerprint density at radius 2 is 1.54 bits per heavy atom. The molecule has 3 rings (SSSR count). The fourth-order valence-corrected chi connectivity index (χ4v) is 5.57. The molecule has 1 N–H and O–H groups in total. The number of hydrogen-bond donors (Lipinski definition) is 1. The molecule has 1 aliphatic heterocycles. The van der Waals surface area contributed by atoms with Crippen LogP contribution in [0, 0.1) is 0 Å². The van der Waals surface area contributed by atoms with Gasteiger partial charge in [-0.25, -0.2) is 13.2 Å². The predicted molar refractivity (Wildman–Crippen MR) is 110 cm³/mol. The van der Waals surface area contributed by atoms with E-state index in [9.17, 15) is 13.2 Å². The van der Waals surface area contributed by atoms with Gasteiger partial charge < -0.3 is 10.2 Å². The molecule has 0 atom stereocenters. The molecule has 1 heterocycles. The number of sulfonamides is 1. The molecule has 1 saturated heterocycles. The molecular weight excluding hydrogens is 421 g/mol. The topological polar surface area (TPSA) is 69.7 Å². The molecule has 1 aliphatic rings. The summed E-state index contributed by atoms with van der Waals surface area (Å²) in [6, 6.07) is 14.3. The van der Waals surface area contributed by atoms with Crippen molar-refractivity contribution in [3.8, 4) is 0 Å². The Hall–Kier alpha value is -1.80. The summed E-state index contributed by atoms with van der Waals surface area (Å²) in [6.45, 7) is 1.51. The second-order valence-electron chi connectivity index (χ2n) is 6.41. The van der Waals surface area contributed by atoms with Crippen molar-refractivity contribution in [3.63, 3.8) is 0 Å². The van der Waals surface area contributed by atoms with Gasteiger partial charge in [-0.05, 0) is 24.1 Å². The van der Waals surface area contributed by atoms with Gasteiger partial charge in [0.2, 0.25) is 10.0 Å². The number of nitrogens with one attached hydrogen (secondary N) is 1. The quantitative estimate of drug-likeness (QED) is 0.773. The number of amides is 2. The van der Waals surface area contributed by atoms with Gasteiger partial charge >= 0.3 is 6.03 Å². The summed E-state index contributed by atoms with van der Waals surface area (Å²) in [5.41, 5.74) is 1.15. The van der Waals surface area contributed by atoms with E-state index < -0.39 is 10.0 Å². The van der Waals surface area contributed by atoms with Gasteiger partial charge in [0.1, 0.15) is 4.90 Å². The van der Waals surface area contributed by atoms with Gasteiger partial charge in [-0.1, -0.05) is 59.6 Å². The first-order chi connectivity index (χ1) is 13.4. The van der Waals surface area contributed by atoms with E-state index in [0.29, 0.717) is 19.6 Å². The zero-order chi connectivity index (χ0) is 20.1. The normalized spacial score (nSPS) is 15.4. The van der Waals surface area contributed by atoms with Crippen molar-refractivity contribution in [1.29, 1.82) is 0 Å². The number of hydrogen-bond acceptors (Lipinski definition) is 3. The van der Waals surface area contributed by atoms with Gasteiger partial charge in [0, 0.05) is 32.7 Å². The Bertz CT molecular complexity index is 910. The average molecular weight is 442 g/mol. The van der Waals surface area contributed by atoms with Crippen LogP contribution in [0.25, 0.3) is 0 Å². The molecule has 0 radical (unpaired) electrons. The highest BCUT2D eigenvalue weighted by atomic mass is 35.5. The van der Waals surface area contributed by atoms with E-state index >= 15 is 0 Å². The van der Waals surface area contributed by atoms with Gasteiger partial charge in [0.25, 0.3) is 0 Å². The molecule has 0 bridgehead atoms. The molecule has 0 unspecified atom stereocenters. The molecule has 150 valence electrons. The van der Waals surface area contributed by atoms with E-state index in [4.69, 9.17) is 23.2 Å². The van der Waals surface area contributed by atoms with Crippen LogP contribution in [0.3, 0.4) is 0 Å². The lowest BCUT2D eigenvalue weighted by Gasteiger charge is -2.34. The number of carbonyl (C=O) groups excluding carboxylic acids is 1. The Balaban J connectivity index is 1.54. The van der Waals surface area contributed by atoms with Crippen LogP contribution in [0.5, 0.6) is 0 Å². The van der Waals surface area contributed by atoms with Gasteiger partial charge in [-0.3, -0.25) is 0 Å². The number of benzene rings is 2. The van der Waals surface area contributed by atoms with Crippen molar-refractivity contribution in [2.75, 3.05) is 32.7 Å². The maximum absolute atomic E-state index is 12.9. The fourth-order valence-electron chi connectivity index (χ4n) is 3.06. The largest absolute Gasteiger partial charge is 0.338 e. The molecule has 2 amide bonds. The maximum atomic E-state index is 12.9. The zero-order valence-electron chi connectivity index (χ0n) is 15.1. The zero-order valence-corrected chi connectivity index (χ0v) is 17.5. The van der Waals surface area contributed by atoms with E-state index in [0.717, 1.165) is 12.0 Å². The summed E-state index contributed by atoms with van der Waals surface area (Å²) in [7, 11) is -3.81. The predicted octanol–water partition coefficient (Wildman–Crippen LogP) is 3.25. The Kier molecular flexibility index (Phi) is 6.82. The maximum Gasteiger partial charge on any atom is 0.317 e. The third-order valence-corrected chi connectivity index (χ3v) is 7.43. The number of urea groups is 1. The van der Waals surface area contributed by atoms with Gasteiger partial charge in [0.15, 0.2) is 0 Å². The minimum Gasteiger partial charge on any atom is -0.338 e. The molecule has 9 heteroatoms. The van der Waals surface area contributed by atoms with Crippen molar-refractivity contribution in [2.45, 2.75) is 11.3 Å². The highest BCUT2D eigenvalue weighted by Gasteiger charge is 2.32. The SMILES string of the molecule is O=C(NCCc1ccccc1)N1CCN(S(=O)(=O)c2c(Cl)cccc2Cl)CC1. The van der Waals surface area contributed by atoms with Crippen LogP contribution in [0.15, 0.2) is 53.4 Å². The van der Waals surface area contributed by atoms with Crippen LogP contribution < -0.4 is 5.32 Å². The lowest BCUT2D eigenvalue weighted by molar-refractivity contribution is 0.172. The lowest BCUT2D eigenvalue weighted by Crippen LogP contribution is -2.53. The van der Waals surface area contributed by atoms with Crippen LogP contribution in [-0.4, -0.2) is 56.4 Å². The average Bonchev–Trinajstić information content (AvgIpc) is 2.68. The third-order valence-electron chi connectivity index (χ3n) is 4.58. The van der Waals surface area contributed by atoms with Gasteiger partial charge in [-0.15, -0.1) is 0 Å². The first-order valence-electron chi connectivity index (χ1n) is 8.90. The van der Waals surface area contributed by atoms with Crippen molar-refractivity contribution >= 4 is 39.3 Å². The first-order valence-corrected chi connectivity index (χ1v) is 11.1. The molecule has 0 aliphatic carbocycles. The van der Waals surface area contributed by atoms with Crippen LogP contribution in [0.2, 0.25) is 10.0 Å². The van der Waals surface area contributed by atoms with Gasteiger partial charge in [-0.2, -0.15) is 4.31 Å². The monoisotopic (exact) mass is 441 g/mol. The molecule has 2 aromatic rings. The molecule has 0 spiro atoms. The Labute approximate surface area is 175 Å². The van der Waals surface area contributed by atoms with Crippen LogP contribution in [0.4, 0.5) is 4.79 Å². The fraction of sp³-hybridized carbons (Fsp3) is 0.316. The van der Waals surface area contributed by atoms with Crippen LogP contribution in [0.1, 0.15) is 5.56 Å². The van der Waals surface area contributed by atoms with E-state index in [-0.39, 0.29) is 34.1 Å². The van der Waals surface area contributed by atoms with Crippen molar-refractivity contribution in [1.82, 2.24) is 14.5 Å². The Morgan fingerprint density at radius 3 is 2.14 bits per heavy atom. The molecule has 6 nitrogen and oxygen atoms in total. The number of nitrogens with zero attached hydrogens (tertiary/aromatic N) is 2. The van der Waals surface area contributed by atoms with Crippen molar-refractivity contribution in [3.05, 3.63) is 64.1 Å². The first kappa shape index (κ1) is 20.9. The van der Waals surface area contributed by atoms with Crippen LogP contribution in [-0.2, 0) is 16.4 Å². The molecule has 0 aromatic heterocycles. The second kappa shape index (κ2) is 9.13. The highest BCUT2D eigenvalue weighted by molar-refractivity contribution is 7.89. The second-order valence-corrected chi connectivity index (χ2v) is 9.10. The van der Waals surface area contributed by atoms with E-state index in [1.165, 1.54) is 16.4 Å². The summed E-state index contributed by atoms with van der Waals surface area (Å²) in [6.07, 6.45) is 0.742. The summed E-state index contributed by atoms with van der Waals surface area (Å²) in [4.78, 5) is 13.9. The molecular formula is C19H21Cl2N3O3S. The summed E-state index contributed by atoms with van der Waals surface area (Å²) >= 11 is 12.1. The lowest BCUT2D eigenvalue weighted by atomic mass is 10.1. The molecule has 2 aromatic carbocycles. The third kappa shape index (κ3) is 4.78. The minimum absolute atomic E-state index is 0.0842. The van der Waals surface area contributed by atoms with Crippen LogP contribution >= 0.6 is 23.2 Å². The summed E-state index contributed by atoms with van der Waals surface area (Å²) in [5, 5.41) is 3.06. The summed E-state index contributed by atoms with van der Waals surface area (Å²) < 4.78 is 27.1. The molecule has 28 heavy (non-hydrogen) atoms. The van der Waals surface area contributed by atoms with Crippen molar-refractivity contribution in [2.24, 2.45) is 0 Å². The van der Waals surface area contributed by atoms with E-state index in [2.05, 4.69) is 5.32 Å². The molecule has 1 fully saturated rings. The van der Waals surface area contributed by atoms with Gasteiger partial charge in [0.05, 0.1) is 10.0 Å².